The Balaban J connectivity index is 1.23. The number of nitrogens with zero attached hydrogens (tertiary/aromatic N) is 3. The first-order chi connectivity index (χ1) is 26.1. The molecule has 0 aromatic heterocycles. The molecule has 1 N–H and O–H groups in total. The number of carbonyl (C=O) groups excluding carboxylic acids is 3. The first kappa shape index (κ1) is 35.8. The molecule has 280 valence electrons. The minimum absolute atomic E-state index is 0.0223. The minimum atomic E-state index is -1.45. The maximum Gasteiger partial charge on any atom is 0.414 e. The molecule has 0 unspecified atom stereocenters. The van der Waals surface area contributed by atoms with Crippen molar-refractivity contribution >= 4 is 29.3 Å². The van der Waals surface area contributed by atoms with Crippen LogP contribution >= 0.6 is 0 Å². The highest BCUT2D eigenvalue weighted by Gasteiger charge is 2.66. The van der Waals surface area contributed by atoms with Crippen LogP contribution in [0.1, 0.15) is 55.0 Å². The molecule has 4 aromatic carbocycles. The molecule has 5 atom stereocenters. The fourth-order valence-electron chi connectivity index (χ4n) is 9.55. The number of hydrogen-bond donors (Lipinski definition) is 1. The van der Waals surface area contributed by atoms with Gasteiger partial charge in [0.25, 0.3) is 5.91 Å². The van der Waals surface area contributed by atoms with Crippen molar-refractivity contribution in [2.24, 2.45) is 11.8 Å². The molecule has 4 aliphatic heterocycles. The van der Waals surface area contributed by atoms with Gasteiger partial charge in [-0.1, -0.05) is 87.5 Å². The van der Waals surface area contributed by atoms with Gasteiger partial charge in [-0.05, 0) is 64.4 Å². The molecule has 2 fully saturated rings. The summed E-state index contributed by atoms with van der Waals surface area (Å²) in [7, 11) is 1.64. The third-order valence-electron chi connectivity index (χ3n) is 12.3. The summed E-state index contributed by atoms with van der Waals surface area (Å²) >= 11 is 0. The maximum absolute atomic E-state index is 15.3. The van der Waals surface area contributed by atoms with E-state index in [4.69, 9.17) is 14.2 Å². The summed E-state index contributed by atoms with van der Waals surface area (Å²) in [6, 6.07) is 31.2. The Labute approximate surface area is 316 Å². The highest BCUT2D eigenvalue weighted by Crippen LogP contribution is 2.60. The SMILES string of the molecule is COc1ccc(C(C)(C)[C@@H]2[C@@H](CC(=O)N3Cc4ccccc4C[C@H]3CO)O[C@]3(C(=O)N(Cc4ccccc4)c4ccc(N5CCOC5=O)cc43)[C@H]2C)cc1. The first-order valence-corrected chi connectivity index (χ1v) is 18.8. The number of benzene rings is 4. The second kappa shape index (κ2) is 13.9. The van der Waals surface area contributed by atoms with Crippen molar-refractivity contribution in [3.63, 3.8) is 0 Å². The second-order valence-corrected chi connectivity index (χ2v) is 15.5. The lowest BCUT2D eigenvalue weighted by Crippen LogP contribution is -2.48. The van der Waals surface area contributed by atoms with E-state index in [0.717, 1.165) is 28.0 Å². The van der Waals surface area contributed by atoms with Gasteiger partial charge in [0, 0.05) is 29.6 Å². The molecule has 10 nitrogen and oxygen atoms in total. The van der Waals surface area contributed by atoms with Crippen LogP contribution in [0, 0.1) is 11.8 Å². The van der Waals surface area contributed by atoms with Gasteiger partial charge in [0.1, 0.15) is 12.4 Å². The summed E-state index contributed by atoms with van der Waals surface area (Å²) in [6.07, 6.45) is -0.519. The molecular weight excluding hydrogens is 682 g/mol. The number of amides is 3. The summed E-state index contributed by atoms with van der Waals surface area (Å²) in [5.41, 5.74) is 4.19. The Bertz CT molecular complexity index is 2070. The summed E-state index contributed by atoms with van der Waals surface area (Å²) in [5.74, 6) is -0.308. The van der Waals surface area contributed by atoms with Gasteiger partial charge in [-0.2, -0.15) is 0 Å². The molecule has 0 aliphatic carbocycles. The van der Waals surface area contributed by atoms with Crippen molar-refractivity contribution in [2.45, 2.75) is 69.9 Å². The molecule has 0 saturated carbocycles. The topological polar surface area (TPSA) is 109 Å². The van der Waals surface area contributed by atoms with E-state index >= 15 is 4.79 Å². The van der Waals surface area contributed by atoms with E-state index in [0.29, 0.717) is 43.0 Å². The van der Waals surface area contributed by atoms with Crippen molar-refractivity contribution in [3.8, 4) is 5.75 Å². The van der Waals surface area contributed by atoms with Gasteiger partial charge in [-0.3, -0.25) is 14.5 Å². The third kappa shape index (κ3) is 5.83. The van der Waals surface area contributed by atoms with Gasteiger partial charge in [0.2, 0.25) is 5.91 Å². The number of fused-ring (bicyclic) bond motifs is 3. The maximum atomic E-state index is 15.3. The van der Waals surface area contributed by atoms with Gasteiger partial charge < -0.3 is 29.1 Å². The molecule has 10 heteroatoms. The zero-order valence-corrected chi connectivity index (χ0v) is 31.2. The van der Waals surface area contributed by atoms with E-state index in [1.165, 1.54) is 0 Å². The van der Waals surface area contributed by atoms with Crippen LogP contribution < -0.4 is 14.5 Å². The number of aliphatic hydroxyl groups is 1. The molecular formula is C44H47N3O7. The van der Waals surface area contributed by atoms with Gasteiger partial charge in [-0.15, -0.1) is 0 Å². The van der Waals surface area contributed by atoms with Crippen molar-refractivity contribution in [3.05, 3.63) is 125 Å². The Morgan fingerprint density at radius 1 is 0.963 bits per heavy atom. The molecule has 0 radical (unpaired) electrons. The molecule has 0 bridgehead atoms. The predicted octanol–water partition coefficient (Wildman–Crippen LogP) is 6.36. The van der Waals surface area contributed by atoms with Crippen LogP contribution in [0.4, 0.5) is 16.2 Å². The normalized spacial score (nSPS) is 24.9. The number of methoxy groups -OCH3 is 1. The van der Waals surface area contributed by atoms with Crippen LogP contribution in [0.25, 0.3) is 0 Å². The highest BCUT2D eigenvalue weighted by molar-refractivity contribution is 6.08. The number of hydrogen-bond acceptors (Lipinski definition) is 7. The largest absolute Gasteiger partial charge is 0.497 e. The predicted molar refractivity (Wildman–Crippen MR) is 204 cm³/mol. The molecule has 4 aromatic rings. The van der Waals surface area contributed by atoms with E-state index in [1.54, 1.807) is 21.8 Å². The summed E-state index contributed by atoms with van der Waals surface area (Å²) in [4.78, 5) is 47.8. The number of rotatable bonds is 9. The van der Waals surface area contributed by atoms with Crippen LogP contribution in [0.2, 0.25) is 0 Å². The van der Waals surface area contributed by atoms with Gasteiger partial charge in [-0.25, -0.2) is 4.79 Å². The van der Waals surface area contributed by atoms with Crippen molar-refractivity contribution in [2.75, 3.05) is 36.7 Å². The second-order valence-electron chi connectivity index (χ2n) is 15.5. The minimum Gasteiger partial charge on any atom is -0.497 e. The van der Waals surface area contributed by atoms with Gasteiger partial charge in [0.15, 0.2) is 5.60 Å². The van der Waals surface area contributed by atoms with Gasteiger partial charge in [0.05, 0.1) is 51.1 Å². The zero-order chi connectivity index (χ0) is 37.8. The zero-order valence-electron chi connectivity index (χ0n) is 31.2. The number of carbonyl (C=O) groups is 3. The summed E-state index contributed by atoms with van der Waals surface area (Å²) < 4.78 is 18.1. The Kier molecular flexibility index (Phi) is 9.22. The first-order valence-electron chi connectivity index (χ1n) is 18.8. The van der Waals surface area contributed by atoms with Crippen LogP contribution in [-0.2, 0) is 49.6 Å². The number of aliphatic hydroxyl groups excluding tert-OH is 1. The standard InChI is InChI=1S/C44H47N3O7/c1-28-40(43(2,3)32-14-17-35(52-4)18-15-32)38(24-39(49)46-26-31-13-9-8-12-30(31)22-34(46)27-48)54-44(28)36-23-33(45-20-21-53-42(45)51)16-19-37(36)47(41(44)50)25-29-10-6-5-7-11-29/h5-19,23,28,34,38,40,48H,20-22,24-27H2,1-4H3/t28-,34-,38+,40-,44+/m0/s1. The fourth-order valence-corrected chi connectivity index (χ4v) is 9.55. The van der Waals surface area contributed by atoms with E-state index in [9.17, 15) is 14.7 Å². The average molecular weight is 730 g/mol. The van der Waals surface area contributed by atoms with Crippen LogP contribution in [0.15, 0.2) is 97.1 Å². The Morgan fingerprint density at radius 3 is 2.37 bits per heavy atom. The van der Waals surface area contributed by atoms with E-state index < -0.39 is 29.1 Å². The molecule has 4 heterocycles. The van der Waals surface area contributed by atoms with Crippen LogP contribution in [-0.4, -0.2) is 66.9 Å². The lowest BCUT2D eigenvalue weighted by Gasteiger charge is -2.40. The molecule has 4 aliphatic rings. The van der Waals surface area contributed by atoms with Crippen molar-refractivity contribution in [1.29, 1.82) is 0 Å². The lowest BCUT2D eigenvalue weighted by molar-refractivity contribution is -0.151. The van der Waals surface area contributed by atoms with E-state index in [-0.39, 0.29) is 43.4 Å². The Hall–Kier alpha value is -5.19. The highest BCUT2D eigenvalue weighted by atomic mass is 16.6. The van der Waals surface area contributed by atoms with E-state index in [2.05, 4.69) is 26.8 Å². The summed E-state index contributed by atoms with van der Waals surface area (Å²) in [6.45, 7) is 7.63. The smallest absolute Gasteiger partial charge is 0.414 e. The fraction of sp³-hybridized carbons (Fsp3) is 0.386. The monoisotopic (exact) mass is 729 g/mol. The molecule has 3 amide bonds. The summed E-state index contributed by atoms with van der Waals surface area (Å²) in [5, 5.41) is 10.5. The average Bonchev–Trinajstić information content (AvgIpc) is 3.82. The molecule has 1 spiro atoms. The van der Waals surface area contributed by atoms with Crippen molar-refractivity contribution in [1.82, 2.24) is 4.90 Å². The van der Waals surface area contributed by atoms with Crippen molar-refractivity contribution < 1.29 is 33.7 Å². The quantitative estimate of drug-likeness (QED) is 0.214. The van der Waals surface area contributed by atoms with Gasteiger partial charge >= 0.3 is 6.09 Å². The van der Waals surface area contributed by atoms with E-state index in [1.807, 2.05) is 91.0 Å². The number of cyclic esters (lactones) is 1. The third-order valence-corrected chi connectivity index (χ3v) is 12.3. The van der Waals surface area contributed by atoms with Crippen LogP contribution in [0.3, 0.4) is 0 Å². The lowest BCUT2D eigenvalue weighted by atomic mass is 9.63. The molecule has 8 rings (SSSR count). The molecule has 54 heavy (non-hydrogen) atoms. The Morgan fingerprint density at radius 2 is 1.69 bits per heavy atom. The number of anilines is 2. The van der Waals surface area contributed by atoms with Crippen LogP contribution in [0.5, 0.6) is 5.75 Å². The molecule has 2 saturated heterocycles. The number of ether oxygens (including phenoxy) is 3.